The van der Waals surface area contributed by atoms with Crippen LogP contribution in [0.25, 0.3) is 0 Å². The highest BCUT2D eigenvalue weighted by Gasteiger charge is 2.21. The Bertz CT molecular complexity index is 789. The van der Waals surface area contributed by atoms with Crippen LogP contribution in [0.3, 0.4) is 0 Å². The van der Waals surface area contributed by atoms with Crippen LogP contribution < -0.4 is 11.3 Å². The number of hydrogen-bond donors (Lipinski definition) is 1. The Morgan fingerprint density at radius 1 is 1.13 bits per heavy atom. The lowest BCUT2D eigenvalue weighted by Crippen LogP contribution is -2.32. The van der Waals surface area contributed by atoms with Gasteiger partial charge in [-0.05, 0) is 69.2 Å². The minimum Gasteiger partial charge on any atom is -0.320 e. The van der Waals surface area contributed by atoms with Crippen molar-refractivity contribution in [1.29, 1.82) is 0 Å². The maximum absolute atomic E-state index is 13.0. The van der Waals surface area contributed by atoms with Crippen molar-refractivity contribution >= 4 is 0 Å². The summed E-state index contributed by atoms with van der Waals surface area (Å²) >= 11 is 0. The first-order chi connectivity index (χ1) is 11.0. The zero-order valence-electron chi connectivity index (χ0n) is 14.4. The normalized spacial score (nSPS) is 15.3. The maximum Gasteiger partial charge on any atom is 0.255 e. The summed E-state index contributed by atoms with van der Waals surface area (Å²) in [6, 6.07) is 8.00. The van der Waals surface area contributed by atoms with Gasteiger partial charge < -0.3 is 10.3 Å². The number of nitrogens with two attached hydrogens (primary N) is 1. The highest BCUT2D eigenvalue weighted by Crippen LogP contribution is 2.26. The number of nitrogens with zero attached hydrogens (tertiary/aromatic N) is 1. The Morgan fingerprint density at radius 3 is 2.61 bits per heavy atom. The second-order valence-corrected chi connectivity index (χ2v) is 6.67. The molecule has 1 aliphatic carbocycles. The van der Waals surface area contributed by atoms with Crippen molar-refractivity contribution in [1.82, 2.24) is 4.57 Å². The molecule has 0 saturated carbocycles. The molecule has 0 amide bonds. The predicted octanol–water partition coefficient (Wildman–Crippen LogP) is 3.41. The van der Waals surface area contributed by atoms with Crippen molar-refractivity contribution in [2.45, 2.75) is 59.0 Å². The molecule has 3 rings (SSSR count). The maximum atomic E-state index is 13.0. The number of rotatable bonds is 3. The standard InChI is InChI=1S/C20H26N2O/c1-4-22-18-8-6-5-7-15(18)12-17(20(22)23)19(21)16-11-13(2)9-10-14(16)3/h9-12,19H,4-8,21H2,1-3H3. The Morgan fingerprint density at radius 2 is 1.87 bits per heavy atom. The van der Waals surface area contributed by atoms with Crippen molar-refractivity contribution in [3.05, 3.63) is 68.1 Å². The van der Waals surface area contributed by atoms with Crippen LogP contribution in [-0.2, 0) is 19.4 Å². The van der Waals surface area contributed by atoms with Gasteiger partial charge in [-0.2, -0.15) is 0 Å². The van der Waals surface area contributed by atoms with Crippen LogP contribution in [0, 0.1) is 13.8 Å². The molecule has 3 heteroatoms. The second-order valence-electron chi connectivity index (χ2n) is 6.67. The molecule has 1 unspecified atom stereocenters. The van der Waals surface area contributed by atoms with Crippen molar-refractivity contribution in [3.63, 3.8) is 0 Å². The average Bonchev–Trinajstić information content (AvgIpc) is 2.56. The fourth-order valence-corrected chi connectivity index (χ4v) is 3.72. The van der Waals surface area contributed by atoms with Crippen LogP contribution in [0.15, 0.2) is 29.1 Å². The number of aromatic nitrogens is 1. The average molecular weight is 310 g/mol. The predicted molar refractivity (Wildman–Crippen MR) is 95.0 cm³/mol. The number of pyridine rings is 1. The van der Waals surface area contributed by atoms with Crippen LogP contribution >= 0.6 is 0 Å². The Kier molecular flexibility index (Phi) is 4.40. The zero-order chi connectivity index (χ0) is 16.6. The molecule has 122 valence electrons. The van der Waals surface area contributed by atoms with Crippen molar-refractivity contribution < 1.29 is 0 Å². The molecule has 0 spiro atoms. The third kappa shape index (κ3) is 2.86. The SMILES string of the molecule is CCn1c2c(cc(C(N)c3cc(C)ccc3C)c1=O)CCCC2. The van der Waals surface area contributed by atoms with Crippen LogP contribution in [0.2, 0.25) is 0 Å². The van der Waals surface area contributed by atoms with Gasteiger partial charge in [0.2, 0.25) is 0 Å². The van der Waals surface area contributed by atoms with Gasteiger partial charge in [-0.3, -0.25) is 4.79 Å². The van der Waals surface area contributed by atoms with Gasteiger partial charge in [-0.25, -0.2) is 0 Å². The fourth-order valence-electron chi connectivity index (χ4n) is 3.72. The third-order valence-corrected chi connectivity index (χ3v) is 5.05. The van der Waals surface area contributed by atoms with E-state index in [0.29, 0.717) is 6.54 Å². The van der Waals surface area contributed by atoms with Gasteiger partial charge >= 0.3 is 0 Å². The number of aryl methyl sites for hydroxylation is 3. The highest BCUT2D eigenvalue weighted by atomic mass is 16.1. The van der Waals surface area contributed by atoms with E-state index >= 15 is 0 Å². The summed E-state index contributed by atoms with van der Waals surface area (Å²) in [4.78, 5) is 13.0. The first-order valence-corrected chi connectivity index (χ1v) is 8.61. The molecule has 0 saturated heterocycles. The summed E-state index contributed by atoms with van der Waals surface area (Å²) in [5.74, 6) is 0. The van der Waals surface area contributed by atoms with E-state index < -0.39 is 0 Å². The Hall–Kier alpha value is -1.87. The minimum atomic E-state index is -0.354. The van der Waals surface area contributed by atoms with Crippen LogP contribution in [0.1, 0.15) is 59.3 Å². The third-order valence-electron chi connectivity index (χ3n) is 5.05. The minimum absolute atomic E-state index is 0.0848. The lowest BCUT2D eigenvalue weighted by Gasteiger charge is -2.24. The van der Waals surface area contributed by atoms with Crippen molar-refractivity contribution in [2.75, 3.05) is 0 Å². The topological polar surface area (TPSA) is 48.0 Å². The van der Waals surface area contributed by atoms with Gasteiger partial charge in [-0.1, -0.05) is 23.8 Å². The van der Waals surface area contributed by atoms with E-state index in [4.69, 9.17) is 5.73 Å². The summed E-state index contributed by atoms with van der Waals surface area (Å²) in [6.45, 7) is 6.89. The van der Waals surface area contributed by atoms with Gasteiger partial charge in [0.15, 0.2) is 0 Å². The van der Waals surface area contributed by atoms with Crippen LogP contribution in [0.4, 0.5) is 0 Å². The van der Waals surface area contributed by atoms with E-state index in [1.165, 1.54) is 29.7 Å². The van der Waals surface area contributed by atoms with Gasteiger partial charge in [0.05, 0.1) is 6.04 Å². The zero-order valence-corrected chi connectivity index (χ0v) is 14.4. The highest BCUT2D eigenvalue weighted by molar-refractivity contribution is 5.40. The molecule has 1 heterocycles. The Balaban J connectivity index is 2.16. The van der Waals surface area contributed by atoms with Gasteiger partial charge in [0.1, 0.15) is 0 Å². The molecule has 1 aromatic heterocycles. The number of hydrogen-bond acceptors (Lipinski definition) is 2. The molecule has 0 radical (unpaired) electrons. The molecule has 1 aliphatic rings. The molecule has 2 N–H and O–H groups in total. The van der Waals surface area contributed by atoms with E-state index in [1.54, 1.807) is 0 Å². The van der Waals surface area contributed by atoms with E-state index in [9.17, 15) is 4.79 Å². The molecule has 0 fully saturated rings. The molecule has 23 heavy (non-hydrogen) atoms. The summed E-state index contributed by atoms with van der Waals surface area (Å²) in [6.07, 6.45) is 4.45. The molecule has 3 nitrogen and oxygen atoms in total. The lowest BCUT2D eigenvalue weighted by atomic mass is 9.90. The first kappa shape index (κ1) is 16.0. The van der Waals surface area contributed by atoms with Crippen LogP contribution in [0.5, 0.6) is 0 Å². The summed E-state index contributed by atoms with van der Waals surface area (Å²) < 4.78 is 1.94. The van der Waals surface area contributed by atoms with E-state index in [0.717, 1.165) is 29.5 Å². The molecular weight excluding hydrogens is 284 g/mol. The lowest BCUT2D eigenvalue weighted by molar-refractivity contribution is 0.582. The van der Waals surface area contributed by atoms with Crippen molar-refractivity contribution in [3.8, 4) is 0 Å². The number of benzene rings is 1. The molecule has 1 atom stereocenters. The summed E-state index contributed by atoms with van der Waals surface area (Å²) in [5.41, 5.74) is 13.3. The molecule has 0 bridgehead atoms. The van der Waals surface area contributed by atoms with Gasteiger partial charge in [0.25, 0.3) is 5.56 Å². The van der Waals surface area contributed by atoms with Gasteiger partial charge in [-0.15, -0.1) is 0 Å². The largest absolute Gasteiger partial charge is 0.320 e. The fraction of sp³-hybridized carbons (Fsp3) is 0.450. The van der Waals surface area contributed by atoms with Crippen LogP contribution in [-0.4, -0.2) is 4.57 Å². The summed E-state index contributed by atoms with van der Waals surface area (Å²) in [7, 11) is 0. The van der Waals surface area contributed by atoms with Crippen molar-refractivity contribution in [2.24, 2.45) is 5.73 Å². The van der Waals surface area contributed by atoms with E-state index in [2.05, 4.69) is 38.1 Å². The van der Waals surface area contributed by atoms with E-state index in [1.807, 2.05) is 11.5 Å². The monoisotopic (exact) mass is 310 g/mol. The first-order valence-electron chi connectivity index (χ1n) is 8.61. The molecule has 1 aromatic carbocycles. The number of fused-ring (bicyclic) bond motifs is 1. The molecule has 2 aromatic rings. The van der Waals surface area contributed by atoms with E-state index in [-0.39, 0.29) is 11.6 Å². The van der Waals surface area contributed by atoms with Gasteiger partial charge in [0, 0.05) is 17.8 Å². The second kappa shape index (κ2) is 6.32. The smallest absolute Gasteiger partial charge is 0.255 e. The quantitative estimate of drug-likeness (QED) is 0.944. The Labute approximate surface area is 138 Å². The molecular formula is C20H26N2O. The summed E-state index contributed by atoms with van der Waals surface area (Å²) in [5, 5.41) is 0. The molecule has 0 aliphatic heterocycles.